The molecule has 5 heteroatoms. The highest BCUT2D eigenvalue weighted by atomic mass is 32.1. The molecule has 0 aliphatic heterocycles. The molecule has 0 aromatic carbocycles. The van der Waals surface area contributed by atoms with E-state index in [2.05, 4.69) is 16.0 Å². The lowest BCUT2D eigenvalue weighted by molar-refractivity contribution is 0.00862. The topological polar surface area (TPSA) is 42.8 Å². The predicted molar refractivity (Wildman–Crippen MR) is 70.7 cm³/mol. The number of aromatic amines is 1. The predicted octanol–water partition coefficient (Wildman–Crippen LogP) is 2.83. The number of hydrogen-bond acceptors (Lipinski definition) is 3. The van der Waals surface area contributed by atoms with Gasteiger partial charge in [-0.15, -0.1) is 0 Å². The molecule has 2 heterocycles. The zero-order valence-corrected chi connectivity index (χ0v) is 11.4. The van der Waals surface area contributed by atoms with Gasteiger partial charge in [0.05, 0.1) is 17.7 Å². The summed E-state index contributed by atoms with van der Waals surface area (Å²) in [5.41, 5.74) is 2.71. The first-order valence-electron chi connectivity index (χ1n) is 5.53. The number of hydrogen-bond donors (Lipinski definition) is 1. The summed E-state index contributed by atoms with van der Waals surface area (Å²) in [7, 11) is 1.70. The third-order valence-corrected chi connectivity index (χ3v) is 3.16. The van der Waals surface area contributed by atoms with Crippen LogP contribution < -0.4 is 0 Å². The Labute approximate surface area is 106 Å². The van der Waals surface area contributed by atoms with Crippen molar-refractivity contribution in [3.05, 3.63) is 22.6 Å². The number of nitrogens with zero attached hydrogens (tertiary/aromatic N) is 2. The minimum absolute atomic E-state index is 0.264. The Bertz CT molecular complexity index is 597. The molecule has 0 aliphatic rings. The summed E-state index contributed by atoms with van der Waals surface area (Å²) in [5.74, 6) is 0. The van der Waals surface area contributed by atoms with Gasteiger partial charge >= 0.3 is 0 Å². The molecule has 1 N–H and O–H groups in total. The van der Waals surface area contributed by atoms with Gasteiger partial charge < -0.3 is 9.72 Å². The Hall–Kier alpha value is -1.20. The fourth-order valence-electron chi connectivity index (χ4n) is 1.74. The van der Waals surface area contributed by atoms with Crippen LogP contribution in [0.4, 0.5) is 0 Å². The fourth-order valence-corrected chi connectivity index (χ4v) is 2.00. The molecule has 0 radical (unpaired) electrons. The van der Waals surface area contributed by atoms with Gasteiger partial charge in [-0.05, 0) is 44.6 Å². The quantitative estimate of drug-likeness (QED) is 0.853. The van der Waals surface area contributed by atoms with Crippen molar-refractivity contribution in [2.75, 3.05) is 7.11 Å². The molecule has 2 aromatic heterocycles. The molecular formula is C12H17N3OS. The van der Waals surface area contributed by atoms with Crippen LogP contribution >= 0.6 is 12.2 Å². The number of fused-ring (bicyclic) bond motifs is 1. The van der Waals surface area contributed by atoms with Gasteiger partial charge in [0, 0.05) is 13.3 Å². The zero-order chi connectivity index (χ0) is 12.6. The van der Waals surface area contributed by atoms with Crippen LogP contribution in [-0.2, 0) is 11.3 Å². The van der Waals surface area contributed by atoms with E-state index in [1.807, 2.05) is 31.5 Å². The summed E-state index contributed by atoms with van der Waals surface area (Å²) in [4.78, 5) is 7.60. The molecule has 17 heavy (non-hydrogen) atoms. The molecule has 4 nitrogen and oxygen atoms in total. The van der Waals surface area contributed by atoms with Crippen molar-refractivity contribution < 1.29 is 4.74 Å². The van der Waals surface area contributed by atoms with Gasteiger partial charge in [-0.25, -0.2) is 4.98 Å². The first-order valence-corrected chi connectivity index (χ1v) is 5.94. The third kappa shape index (κ3) is 2.40. The molecule has 0 unspecified atom stereocenters. The lowest BCUT2D eigenvalue weighted by Crippen LogP contribution is -2.29. The molecule has 0 spiro atoms. The van der Waals surface area contributed by atoms with E-state index in [9.17, 15) is 0 Å². The number of pyridine rings is 1. The van der Waals surface area contributed by atoms with Crippen LogP contribution in [0.3, 0.4) is 0 Å². The fraction of sp³-hybridized carbons (Fsp3) is 0.500. The summed E-state index contributed by atoms with van der Waals surface area (Å²) in [6, 6.07) is 2.05. The maximum Gasteiger partial charge on any atom is 0.179 e. The first kappa shape index (κ1) is 12.3. The molecule has 0 aliphatic carbocycles. The molecule has 0 amide bonds. The Balaban J connectivity index is 2.54. The van der Waals surface area contributed by atoms with Gasteiger partial charge in [0.15, 0.2) is 10.4 Å². The maximum absolute atomic E-state index is 5.43. The summed E-state index contributed by atoms with van der Waals surface area (Å²) >= 11 is 5.32. The summed E-state index contributed by atoms with van der Waals surface area (Å²) in [5, 5.41) is 0. The van der Waals surface area contributed by atoms with E-state index in [1.54, 1.807) is 7.11 Å². The van der Waals surface area contributed by atoms with E-state index >= 15 is 0 Å². The molecular weight excluding hydrogens is 234 g/mol. The van der Waals surface area contributed by atoms with Crippen molar-refractivity contribution in [1.82, 2.24) is 14.5 Å². The van der Waals surface area contributed by atoms with Gasteiger partial charge in [0.25, 0.3) is 0 Å². The smallest absolute Gasteiger partial charge is 0.179 e. The highest BCUT2D eigenvalue weighted by molar-refractivity contribution is 7.71. The third-order valence-electron chi connectivity index (χ3n) is 2.84. The Morgan fingerprint density at radius 2 is 2.24 bits per heavy atom. The molecule has 2 aromatic rings. The van der Waals surface area contributed by atoms with Crippen molar-refractivity contribution in [1.29, 1.82) is 0 Å². The van der Waals surface area contributed by atoms with E-state index in [4.69, 9.17) is 17.0 Å². The van der Waals surface area contributed by atoms with Crippen molar-refractivity contribution in [3.63, 3.8) is 0 Å². The van der Waals surface area contributed by atoms with Gasteiger partial charge in [0.1, 0.15) is 0 Å². The second-order valence-electron chi connectivity index (χ2n) is 4.86. The Morgan fingerprint density at radius 3 is 2.88 bits per heavy atom. The van der Waals surface area contributed by atoms with Crippen molar-refractivity contribution >= 4 is 23.4 Å². The van der Waals surface area contributed by atoms with E-state index in [0.29, 0.717) is 11.3 Å². The Kier molecular flexibility index (Phi) is 3.05. The standard InChI is InChI=1S/C12H17N3OS/c1-8-5-9-10(13-6-8)15(11(17)14-9)7-12(2,3)16-4/h5-6H,7H2,1-4H3,(H,14,17). The maximum atomic E-state index is 5.43. The number of H-pyrrole nitrogens is 1. The second kappa shape index (κ2) is 4.23. The van der Waals surface area contributed by atoms with Crippen LogP contribution in [0, 0.1) is 11.7 Å². The number of nitrogens with one attached hydrogen (secondary N) is 1. The normalized spacial score (nSPS) is 12.2. The Morgan fingerprint density at radius 1 is 1.53 bits per heavy atom. The monoisotopic (exact) mass is 251 g/mol. The number of rotatable bonds is 3. The number of aromatic nitrogens is 3. The molecule has 0 saturated heterocycles. The van der Waals surface area contributed by atoms with Gasteiger partial charge in [-0.2, -0.15) is 0 Å². The second-order valence-corrected chi connectivity index (χ2v) is 5.25. The number of ether oxygens (including phenoxy) is 1. The number of aryl methyl sites for hydroxylation is 1. The number of imidazole rings is 1. The molecule has 0 bridgehead atoms. The average Bonchev–Trinajstić information content (AvgIpc) is 2.54. The van der Waals surface area contributed by atoms with E-state index in [-0.39, 0.29) is 5.60 Å². The lowest BCUT2D eigenvalue weighted by atomic mass is 10.1. The van der Waals surface area contributed by atoms with E-state index in [0.717, 1.165) is 16.7 Å². The summed E-state index contributed by atoms with van der Waals surface area (Å²) in [6.07, 6.45) is 1.85. The highest BCUT2D eigenvalue weighted by Gasteiger charge is 2.19. The zero-order valence-electron chi connectivity index (χ0n) is 10.6. The average molecular weight is 251 g/mol. The van der Waals surface area contributed by atoms with Gasteiger partial charge in [-0.3, -0.25) is 4.57 Å². The van der Waals surface area contributed by atoms with Crippen molar-refractivity contribution in [3.8, 4) is 0 Å². The molecule has 92 valence electrons. The van der Waals surface area contributed by atoms with Crippen molar-refractivity contribution in [2.45, 2.75) is 32.9 Å². The first-order chi connectivity index (χ1) is 7.93. The van der Waals surface area contributed by atoms with E-state index in [1.165, 1.54) is 0 Å². The van der Waals surface area contributed by atoms with Crippen LogP contribution in [0.1, 0.15) is 19.4 Å². The van der Waals surface area contributed by atoms with Crippen LogP contribution in [0.5, 0.6) is 0 Å². The molecule has 2 rings (SSSR count). The summed E-state index contributed by atoms with van der Waals surface area (Å²) in [6.45, 7) is 6.75. The molecule has 0 atom stereocenters. The van der Waals surface area contributed by atoms with Crippen LogP contribution in [0.2, 0.25) is 0 Å². The SMILES string of the molecule is COC(C)(C)Cn1c(=S)[nH]c2cc(C)cnc21. The number of methoxy groups -OCH3 is 1. The summed E-state index contributed by atoms with van der Waals surface area (Å²) < 4.78 is 8.09. The van der Waals surface area contributed by atoms with Crippen LogP contribution in [0.15, 0.2) is 12.3 Å². The van der Waals surface area contributed by atoms with Gasteiger partial charge in [-0.1, -0.05) is 0 Å². The minimum Gasteiger partial charge on any atom is -0.377 e. The van der Waals surface area contributed by atoms with E-state index < -0.39 is 0 Å². The largest absolute Gasteiger partial charge is 0.377 e. The minimum atomic E-state index is -0.264. The lowest BCUT2D eigenvalue weighted by Gasteiger charge is -2.23. The molecule has 0 saturated carbocycles. The highest BCUT2D eigenvalue weighted by Crippen LogP contribution is 2.18. The van der Waals surface area contributed by atoms with Gasteiger partial charge in [0.2, 0.25) is 0 Å². The van der Waals surface area contributed by atoms with Crippen LogP contribution in [-0.4, -0.2) is 27.2 Å². The van der Waals surface area contributed by atoms with Crippen LogP contribution in [0.25, 0.3) is 11.2 Å². The van der Waals surface area contributed by atoms with Crippen molar-refractivity contribution in [2.24, 2.45) is 0 Å². The molecule has 0 fully saturated rings.